The minimum atomic E-state index is -0.465. The average molecular weight is 235 g/mol. The molecule has 1 heteroatoms. The topological polar surface area (TPSA) is 23.8 Å². The fourth-order valence-corrected chi connectivity index (χ4v) is 2.20. The van der Waals surface area contributed by atoms with Crippen LogP contribution in [0.2, 0.25) is 0 Å². The molecule has 0 saturated carbocycles. The van der Waals surface area contributed by atoms with Gasteiger partial charge in [-0.25, -0.2) is 0 Å². The van der Waals surface area contributed by atoms with Crippen molar-refractivity contribution in [2.24, 2.45) is 0 Å². The number of aryl methyl sites for hydroxylation is 1. The van der Waals surface area contributed by atoms with Crippen molar-refractivity contribution in [2.45, 2.75) is 25.7 Å². The summed E-state index contributed by atoms with van der Waals surface area (Å²) in [5.41, 5.74) is 3.10. The molecule has 0 heterocycles. The molecule has 2 rings (SSSR count). The number of nitriles is 1. The standard InChI is InChI=1S/C17H17N/c1-14-8-6-7-9-15(14)12-17(2,13-18)16-10-4-3-5-11-16/h3-11H,12H2,1-2H3. The monoisotopic (exact) mass is 235 g/mol. The van der Waals surface area contributed by atoms with E-state index in [0.29, 0.717) is 0 Å². The first kappa shape index (κ1) is 12.4. The van der Waals surface area contributed by atoms with Gasteiger partial charge in [0.25, 0.3) is 0 Å². The third kappa shape index (κ3) is 2.43. The van der Waals surface area contributed by atoms with E-state index in [9.17, 15) is 5.26 Å². The molecule has 1 nitrogen and oxygen atoms in total. The Morgan fingerprint density at radius 2 is 1.61 bits per heavy atom. The van der Waals surface area contributed by atoms with Crippen molar-refractivity contribution in [3.05, 3.63) is 71.3 Å². The summed E-state index contributed by atoms with van der Waals surface area (Å²) in [6, 6.07) is 20.8. The third-order valence-corrected chi connectivity index (χ3v) is 3.46. The third-order valence-electron chi connectivity index (χ3n) is 3.46. The summed E-state index contributed by atoms with van der Waals surface area (Å²) in [5.74, 6) is 0. The van der Waals surface area contributed by atoms with E-state index in [1.807, 2.05) is 49.4 Å². The largest absolute Gasteiger partial charge is 0.197 e. The maximum absolute atomic E-state index is 9.54. The van der Waals surface area contributed by atoms with Crippen molar-refractivity contribution in [2.75, 3.05) is 0 Å². The highest BCUT2D eigenvalue weighted by atomic mass is 14.4. The van der Waals surface area contributed by atoms with Gasteiger partial charge in [-0.1, -0.05) is 54.6 Å². The van der Waals surface area contributed by atoms with Crippen LogP contribution in [0, 0.1) is 18.3 Å². The Kier molecular flexibility index (Phi) is 3.48. The van der Waals surface area contributed by atoms with Gasteiger partial charge in [0.15, 0.2) is 0 Å². The summed E-state index contributed by atoms with van der Waals surface area (Å²) in [5, 5.41) is 9.54. The van der Waals surface area contributed by atoms with Crippen molar-refractivity contribution in [3.63, 3.8) is 0 Å². The molecule has 0 spiro atoms. The first-order valence-corrected chi connectivity index (χ1v) is 6.17. The maximum Gasteiger partial charge on any atom is 0.0834 e. The molecule has 18 heavy (non-hydrogen) atoms. The average Bonchev–Trinajstić information content (AvgIpc) is 2.42. The van der Waals surface area contributed by atoms with Crippen LogP contribution in [-0.4, -0.2) is 0 Å². The highest BCUT2D eigenvalue weighted by Crippen LogP contribution is 2.28. The molecule has 0 aliphatic heterocycles. The van der Waals surface area contributed by atoms with Crippen molar-refractivity contribution < 1.29 is 0 Å². The summed E-state index contributed by atoms with van der Waals surface area (Å²) >= 11 is 0. The maximum atomic E-state index is 9.54. The summed E-state index contributed by atoms with van der Waals surface area (Å²) in [6.07, 6.45) is 0.750. The fraction of sp³-hybridized carbons (Fsp3) is 0.235. The number of benzene rings is 2. The number of nitrogens with zero attached hydrogens (tertiary/aromatic N) is 1. The van der Waals surface area contributed by atoms with Crippen molar-refractivity contribution in [3.8, 4) is 6.07 Å². The lowest BCUT2D eigenvalue weighted by Gasteiger charge is -2.23. The first-order chi connectivity index (χ1) is 8.65. The predicted octanol–water partition coefficient (Wildman–Crippen LogP) is 4.02. The number of hydrogen-bond donors (Lipinski definition) is 0. The smallest absolute Gasteiger partial charge is 0.0834 e. The van der Waals surface area contributed by atoms with Gasteiger partial charge < -0.3 is 0 Å². The highest BCUT2D eigenvalue weighted by molar-refractivity contribution is 5.37. The molecule has 0 fully saturated rings. The molecule has 1 unspecified atom stereocenters. The molecule has 0 aliphatic carbocycles. The first-order valence-electron chi connectivity index (χ1n) is 6.17. The fourth-order valence-electron chi connectivity index (χ4n) is 2.20. The van der Waals surface area contributed by atoms with E-state index in [0.717, 1.165) is 12.0 Å². The zero-order valence-electron chi connectivity index (χ0n) is 10.9. The molecule has 0 bridgehead atoms. The molecular formula is C17H17N. The van der Waals surface area contributed by atoms with Gasteiger partial charge in [-0.3, -0.25) is 0 Å². The van der Waals surface area contributed by atoms with Crippen LogP contribution in [0.1, 0.15) is 23.6 Å². The molecule has 90 valence electrons. The summed E-state index contributed by atoms with van der Waals surface area (Å²) in [6.45, 7) is 4.10. The van der Waals surface area contributed by atoms with Gasteiger partial charge in [-0.05, 0) is 37.0 Å². The van der Waals surface area contributed by atoms with Crippen LogP contribution >= 0.6 is 0 Å². The van der Waals surface area contributed by atoms with Crippen molar-refractivity contribution >= 4 is 0 Å². The lowest BCUT2D eigenvalue weighted by atomic mass is 9.78. The second-order valence-corrected chi connectivity index (χ2v) is 4.91. The molecular weight excluding hydrogens is 218 g/mol. The van der Waals surface area contributed by atoms with Crippen LogP contribution in [-0.2, 0) is 11.8 Å². The quantitative estimate of drug-likeness (QED) is 0.788. The van der Waals surface area contributed by atoms with Gasteiger partial charge in [0.2, 0.25) is 0 Å². The van der Waals surface area contributed by atoms with Crippen LogP contribution in [0.5, 0.6) is 0 Å². The van der Waals surface area contributed by atoms with Crippen LogP contribution in [0.4, 0.5) is 0 Å². The number of rotatable bonds is 3. The number of hydrogen-bond acceptors (Lipinski definition) is 1. The highest BCUT2D eigenvalue weighted by Gasteiger charge is 2.27. The lowest BCUT2D eigenvalue weighted by Crippen LogP contribution is -2.23. The molecule has 0 saturated heterocycles. The Labute approximate surface area is 109 Å². The van der Waals surface area contributed by atoms with E-state index in [-0.39, 0.29) is 0 Å². The molecule has 2 aromatic rings. The summed E-state index contributed by atoms with van der Waals surface area (Å²) < 4.78 is 0. The lowest BCUT2D eigenvalue weighted by molar-refractivity contribution is 0.604. The van der Waals surface area contributed by atoms with E-state index in [1.165, 1.54) is 11.1 Å². The van der Waals surface area contributed by atoms with E-state index in [2.05, 4.69) is 25.1 Å². The summed E-state index contributed by atoms with van der Waals surface area (Å²) in [7, 11) is 0. The molecule has 0 radical (unpaired) electrons. The zero-order chi connectivity index (χ0) is 13.0. The van der Waals surface area contributed by atoms with E-state index < -0.39 is 5.41 Å². The SMILES string of the molecule is Cc1ccccc1CC(C)(C#N)c1ccccc1. The molecule has 0 aromatic heterocycles. The second kappa shape index (κ2) is 5.06. The van der Waals surface area contributed by atoms with Crippen molar-refractivity contribution in [1.29, 1.82) is 5.26 Å². The van der Waals surface area contributed by atoms with E-state index >= 15 is 0 Å². The van der Waals surface area contributed by atoms with Crippen molar-refractivity contribution in [1.82, 2.24) is 0 Å². The Morgan fingerprint density at radius 3 is 2.22 bits per heavy atom. The zero-order valence-corrected chi connectivity index (χ0v) is 10.9. The van der Waals surface area contributed by atoms with Gasteiger partial charge >= 0.3 is 0 Å². The van der Waals surface area contributed by atoms with E-state index in [4.69, 9.17) is 0 Å². The molecule has 0 aliphatic rings. The van der Waals surface area contributed by atoms with Gasteiger partial charge in [-0.15, -0.1) is 0 Å². The molecule has 2 aromatic carbocycles. The van der Waals surface area contributed by atoms with Gasteiger partial charge in [-0.2, -0.15) is 5.26 Å². The van der Waals surface area contributed by atoms with Crippen LogP contribution in [0.3, 0.4) is 0 Å². The van der Waals surface area contributed by atoms with Gasteiger partial charge in [0, 0.05) is 0 Å². The second-order valence-electron chi connectivity index (χ2n) is 4.91. The van der Waals surface area contributed by atoms with Gasteiger partial charge in [0.05, 0.1) is 11.5 Å². The van der Waals surface area contributed by atoms with Crippen LogP contribution < -0.4 is 0 Å². The Balaban J connectivity index is 2.36. The normalized spacial score (nSPS) is 13.6. The molecule has 1 atom stereocenters. The Bertz CT molecular complexity index is 566. The minimum absolute atomic E-state index is 0.465. The van der Waals surface area contributed by atoms with E-state index in [1.54, 1.807) is 0 Å². The Hall–Kier alpha value is -2.07. The van der Waals surface area contributed by atoms with Crippen LogP contribution in [0.15, 0.2) is 54.6 Å². The molecule has 0 N–H and O–H groups in total. The summed E-state index contributed by atoms with van der Waals surface area (Å²) in [4.78, 5) is 0. The van der Waals surface area contributed by atoms with Crippen LogP contribution in [0.25, 0.3) is 0 Å². The predicted molar refractivity (Wildman–Crippen MR) is 74.3 cm³/mol. The van der Waals surface area contributed by atoms with Gasteiger partial charge in [0.1, 0.15) is 0 Å². The molecule has 0 amide bonds. The minimum Gasteiger partial charge on any atom is -0.197 e. The Morgan fingerprint density at radius 1 is 1.00 bits per heavy atom.